The highest BCUT2D eigenvalue weighted by Crippen LogP contribution is 2.10. The summed E-state index contributed by atoms with van der Waals surface area (Å²) in [5.41, 5.74) is -0.824. The van der Waals surface area contributed by atoms with E-state index >= 15 is 0 Å². The van der Waals surface area contributed by atoms with Crippen molar-refractivity contribution >= 4 is 11.6 Å². The SMILES string of the molecule is COC(CNC(=O)c1c(O)nc2ccccn2c1=O)OC. The number of hydrogen-bond acceptors (Lipinski definition) is 6. The van der Waals surface area contributed by atoms with E-state index in [9.17, 15) is 14.7 Å². The molecule has 0 aliphatic heterocycles. The molecule has 0 aliphatic carbocycles. The zero-order chi connectivity index (χ0) is 15.4. The fourth-order valence-corrected chi connectivity index (χ4v) is 1.80. The first-order chi connectivity index (χ1) is 10.1. The van der Waals surface area contributed by atoms with Crippen LogP contribution in [-0.2, 0) is 9.47 Å². The second-order valence-electron chi connectivity index (χ2n) is 4.16. The lowest BCUT2D eigenvalue weighted by atomic mass is 10.3. The van der Waals surface area contributed by atoms with Crippen LogP contribution in [-0.4, -0.2) is 47.5 Å². The van der Waals surface area contributed by atoms with Crippen LogP contribution in [0.1, 0.15) is 10.4 Å². The summed E-state index contributed by atoms with van der Waals surface area (Å²) in [5, 5.41) is 12.2. The molecule has 2 aromatic rings. The van der Waals surface area contributed by atoms with E-state index in [4.69, 9.17) is 9.47 Å². The van der Waals surface area contributed by atoms with E-state index in [1.807, 2.05) is 0 Å². The highest BCUT2D eigenvalue weighted by atomic mass is 16.7. The molecule has 2 rings (SSSR count). The minimum absolute atomic E-state index is 0.0300. The predicted octanol–water partition coefficient (Wildman–Crippen LogP) is -0.251. The topological polar surface area (TPSA) is 102 Å². The van der Waals surface area contributed by atoms with Gasteiger partial charge in [0, 0.05) is 20.4 Å². The van der Waals surface area contributed by atoms with Gasteiger partial charge >= 0.3 is 0 Å². The number of rotatable bonds is 5. The number of carbonyl (C=O) groups is 1. The maximum Gasteiger partial charge on any atom is 0.274 e. The molecule has 0 bridgehead atoms. The molecule has 0 spiro atoms. The molecule has 0 saturated heterocycles. The number of methoxy groups -OCH3 is 2. The van der Waals surface area contributed by atoms with E-state index in [0.29, 0.717) is 0 Å². The Bertz CT molecular complexity index is 709. The summed E-state index contributed by atoms with van der Waals surface area (Å²) in [6.07, 6.45) is 0.820. The van der Waals surface area contributed by atoms with Gasteiger partial charge in [-0.15, -0.1) is 0 Å². The van der Waals surface area contributed by atoms with Crippen LogP contribution in [0.3, 0.4) is 0 Å². The summed E-state index contributed by atoms with van der Waals surface area (Å²) in [4.78, 5) is 28.1. The third-order valence-corrected chi connectivity index (χ3v) is 2.90. The zero-order valence-electron chi connectivity index (χ0n) is 11.6. The number of fused-ring (bicyclic) bond motifs is 1. The summed E-state index contributed by atoms with van der Waals surface area (Å²) in [7, 11) is 2.84. The molecule has 2 N–H and O–H groups in total. The molecule has 0 aliphatic rings. The van der Waals surface area contributed by atoms with Gasteiger partial charge in [0.15, 0.2) is 11.9 Å². The molecule has 2 aromatic heterocycles. The molecule has 8 heteroatoms. The van der Waals surface area contributed by atoms with Crippen molar-refractivity contribution in [3.8, 4) is 5.88 Å². The van der Waals surface area contributed by atoms with Crippen LogP contribution in [0.4, 0.5) is 0 Å². The highest BCUT2D eigenvalue weighted by molar-refractivity contribution is 5.96. The van der Waals surface area contributed by atoms with E-state index < -0.39 is 29.2 Å². The molecule has 0 atom stereocenters. The number of carbonyl (C=O) groups excluding carboxylic acids is 1. The summed E-state index contributed by atoms with van der Waals surface area (Å²) in [6, 6.07) is 4.85. The highest BCUT2D eigenvalue weighted by Gasteiger charge is 2.20. The number of aromatic hydroxyl groups is 1. The summed E-state index contributed by atoms with van der Waals surface area (Å²) in [5.74, 6) is -1.36. The first-order valence-electron chi connectivity index (χ1n) is 6.12. The average molecular weight is 293 g/mol. The quantitative estimate of drug-likeness (QED) is 0.737. The maximum atomic E-state index is 12.2. The van der Waals surface area contributed by atoms with Crippen LogP contribution >= 0.6 is 0 Å². The standard InChI is InChI=1S/C13H15N3O5/c1-20-9(21-2)7-14-11(17)10-12(18)15-8-5-3-4-6-16(8)13(10)19/h3-6,9,18H,7H2,1-2H3,(H,14,17). The predicted molar refractivity (Wildman–Crippen MR) is 73.3 cm³/mol. The molecule has 0 aromatic carbocycles. The summed E-state index contributed by atoms with van der Waals surface area (Å²) >= 11 is 0. The molecule has 8 nitrogen and oxygen atoms in total. The largest absolute Gasteiger partial charge is 0.493 e. The van der Waals surface area contributed by atoms with Crippen LogP contribution in [0.25, 0.3) is 5.65 Å². The van der Waals surface area contributed by atoms with Crippen molar-refractivity contribution in [2.75, 3.05) is 20.8 Å². The number of aromatic nitrogens is 2. The molecule has 21 heavy (non-hydrogen) atoms. The van der Waals surface area contributed by atoms with Gasteiger partial charge in [0.2, 0.25) is 5.88 Å². The second kappa shape index (κ2) is 6.33. The minimum atomic E-state index is -0.748. The molecule has 0 radical (unpaired) electrons. The lowest BCUT2D eigenvalue weighted by molar-refractivity contribution is -0.0974. The van der Waals surface area contributed by atoms with Crippen LogP contribution in [0.2, 0.25) is 0 Å². The lowest BCUT2D eigenvalue weighted by Gasteiger charge is -2.14. The van der Waals surface area contributed by atoms with Gasteiger partial charge in [0.05, 0.1) is 6.54 Å². The van der Waals surface area contributed by atoms with Crippen molar-refractivity contribution in [2.45, 2.75) is 6.29 Å². The van der Waals surface area contributed by atoms with E-state index in [1.165, 1.54) is 24.8 Å². The number of hydrogen-bond donors (Lipinski definition) is 2. The number of amides is 1. The Morgan fingerprint density at radius 3 is 2.81 bits per heavy atom. The minimum Gasteiger partial charge on any atom is -0.493 e. The molecular formula is C13H15N3O5. The van der Waals surface area contributed by atoms with Crippen molar-refractivity contribution in [1.82, 2.24) is 14.7 Å². The number of nitrogens with one attached hydrogen (secondary N) is 1. The van der Waals surface area contributed by atoms with Crippen molar-refractivity contribution < 1.29 is 19.4 Å². The zero-order valence-corrected chi connectivity index (χ0v) is 11.6. The van der Waals surface area contributed by atoms with Crippen LogP contribution in [0.5, 0.6) is 5.88 Å². The van der Waals surface area contributed by atoms with Gasteiger partial charge in [0.25, 0.3) is 11.5 Å². The monoisotopic (exact) mass is 293 g/mol. The third-order valence-electron chi connectivity index (χ3n) is 2.90. The van der Waals surface area contributed by atoms with Gasteiger partial charge in [-0.25, -0.2) is 0 Å². The Kier molecular flexibility index (Phi) is 4.51. The van der Waals surface area contributed by atoms with E-state index in [0.717, 1.165) is 0 Å². The Balaban J connectivity index is 2.33. The molecule has 2 heterocycles. The Morgan fingerprint density at radius 2 is 2.14 bits per heavy atom. The number of ether oxygens (including phenoxy) is 2. The molecule has 1 amide bonds. The normalized spacial score (nSPS) is 11.0. The van der Waals surface area contributed by atoms with Crippen LogP contribution < -0.4 is 10.9 Å². The van der Waals surface area contributed by atoms with Gasteiger partial charge in [-0.05, 0) is 12.1 Å². The van der Waals surface area contributed by atoms with E-state index in [1.54, 1.807) is 18.2 Å². The molecule has 0 fully saturated rings. The van der Waals surface area contributed by atoms with Gasteiger partial charge in [-0.3, -0.25) is 14.0 Å². The fourth-order valence-electron chi connectivity index (χ4n) is 1.80. The molecular weight excluding hydrogens is 278 g/mol. The number of pyridine rings is 1. The van der Waals surface area contributed by atoms with Crippen molar-refractivity contribution in [1.29, 1.82) is 0 Å². The summed E-state index contributed by atoms with van der Waals surface area (Å²) < 4.78 is 11.0. The second-order valence-corrected chi connectivity index (χ2v) is 4.16. The molecule has 112 valence electrons. The van der Waals surface area contributed by atoms with Gasteiger partial charge in [-0.2, -0.15) is 4.98 Å². The molecule has 0 unspecified atom stereocenters. The number of nitrogens with zero attached hydrogens (tertiary/aromatic N) is 2. The van der Waals surface area contributed by atoms with Crippen molar-refractivity contribution in [3.63, 3.8) is 0 Å². The van der Waals surface area contributed by atoms with Gasteiger partial charge in [-0.1, -0.05) is 6.07 Å². The van der Waals surface area contributed by atoms with Crippen molar-refractivity contribution in [3.05, 3.63) is 40.3 Å². The third kappa shape index (κ3) is 3.01. The first kappa shape index (κ1) is 14.9. The smallest absolute Gasteiger partial charge is 0.274 e. The van der Waals surface area contributed by atoms with Gasteiger partial charge < -0.3 is 19.9 Å². The Labute approximate surface area is 119 Å². The maximum absolute atomic E-state index is 12.2. The van der Waals surface area contributed by atoms with Crippen molar-refractivity contribution in [2.24, 2.45) is 0 Å². The van der Waals surface area contributed by atoms with Crippen LogP contribution in [0, 0.1) is 0 Å². The molecule has 0 saturated carbocycles. The summed E-state index contributed by atoms with van der Waals surface area (Å²) in [6.45, 7) is 0.0300. The van der Waals surface area contributed by atoms with E-state index in [2.05, 4.69) is 10.3 Å². The fraction of sp³-hybridized carbons (Fsp3) is 0.308. The Morgan fingerprint density at radius 1 is 1.43 bits per heavy atom. The lowest BCUT2D eigenvalue weighted by Crippen LogP contribution is -2.37. The van der Waals surface area contributed by atoms with Crippen LogP contribution in [0.15, 0.2) is 29.2 Å². The first-order valence-corrected chi connectivity index (χ1v) is 6.12. The van der Waals surface area contributed by atoms with E-state index in [-0.39, 0.29) is 12.2 Å². The van der Waals surface area contributed by atoms with Gasteiger partial charge in [0.1, 0.15) is 5.65 Å². The Hall–Kier alpha value is -2.45. The average Bonchev–Trinajstić information content (AvgIpc) is 2.48.